The maximum Gasteiger partial charge on any atom is 0.309 e. The molecular weight excluding hydrogens is 450 g/mol. The number of nitrogens with one attached hydrogen (secondary N) is 2. The first-order valence-electron chi connectivity index (χ1n) is 10.4. The van der Waals surface area contributed by atoms with Crippen LogP contribution in [0, 0.1) is 0 Å². The summed E-state index contributed by atoms with van der Waals surface area (Å²) in [6, 6.07) is 12.0. The Morgan fingerprint density at radius 1 is 1.03 bits per heavy atom. The first-order chi connectivity index (χ1) is 15.9. The van der Waals surface area contributed by atoms with Gasteiger partial charge in [-0.3, -0.25) is 14.4 Å². The quantitative estimate of drug-likeness (QED) is 0.562. The zero-order chi connectivity index (χ0) is 23.8. The van der Waals surface area contributed by atoms with Crippen molar-refractivity contribution in [3.8, 4) is 11.5 Å². The van der Waals surface area contributed by atoms with Crippen molar-refractivity contribution in [2.45, 2.75) is 12.6 Å². The van der Waals surface area contributed by atoms with Crippen LogP contribution in [0.4, 0.5) is 0 Å². The Morgan fingerprint density at radius 3 is 2.42 bits per heavy atom. The molecule has 0 aliphatic carbocycles. The normalized spacial score (nSPS) is 15.1. The molecule has 0 bridgehead atoms. The molecule has 1 heterocycles. The van der Waals surface area contributed by atoms with Gasteiger partial charge in [0.05, 0.1) is 27.4 Å². The van der Waals surface area contributed by atoms with E-state index in [2.05, 4.69) is 10.6 Å². The fourth-order valence-electron chi connectivity index (χ4n) is 3.38. The smallest absolute Gasteiger partial charge is 0.309 e. The van der Waals surface area contributed by atoms with Crippen LogP contribution in [0.25, 0.3) is 0 Å². The van der Waals surface area contributed by atoms with Crippen LogP contribution in [0.2, 0.25) is 5.02 Å². The van der Waals surface area contributed by atoms with Crippen molar-refractivity contribution in [3.63, 3.8) is 0 Å². The number of hydrogen-bond donors (Lipinski definition) is 2. The molecule has 0 radical (unpaired) electrons. The Hall–Kier alpha value is -3.30. The molecule has 176 valence electrons. The third-order valence-corrected chi connectivity index (χ3v) is 5.38. The molecule has 3 amide bonds. The molecule has 9 nitrogen and oxygen atoms in total. The average molecular weight is 476 g/mol. The maximum atomic E-state index is 12.7. The highest BCUT2D eigenvalue weighted by Gasteiger charge is 2.31. The number of methoxy groups -OCH3 is 2. The van der Waals surface area contributed by atoms with Crippen molar-refractivity contribution in [1.82, 2.24) is 15.5 Å². The SMILES string of the molecule is COc1ccc(CCNC(=O)C(=O)NC[C@@H]2OCCN2C(=O)c2ccc(Cl)cc2)cc1OC. The molecule has 2 N–H and O–H groups in total. The van der Waals surface area contributed by atoms with Gasteiger partial charge in [0.25, 0.3) is 5.91 Å². The van der Waals surface area contributed by atoms with E-state index in [1.807, 2.05) is 12.1 Å². The molecule has 0 unspecified atom stereocenters. The van der Waals surface area contributed by atoms with E-state index >= 15 is 0 Å². The zero-order valence-corrected chi connectivity index (χ0v) is 19.2. The van der Waals surface area contributed by atoms with Crippen LogP contribution < -0.4 is 20.1 Å². The lowest BCUT2D eigenvalue weighted by atomic mass is 10.1. The van der Waals surface area contributed by atoms with Crippen LogP contribution in [0.1, 0.15) is 15.9 Å². The molecule has 0 aromatic heterocycles. The standard InChI is InChI=1S/C23H26ClN3O6/c1-31-18-8-3-15(13-19(18)32-2)9-10-25-21(28)22(29)26-14-20-27(11-12-33-20)23(30)16-4-6-17(24)7-5-16/h3-8,13,20H,9-12,14H2,1-2H3,(H,25,28)(H,26,29)/t20-/m0/s1. The summed E-state index contributed by atoms with van der Waals surface area (Å²) in [6.07, 6.45) is -0.147. The minimum atomic E-state index is -0.795. The molecular formula is C23H26ClN3O6. The second-order valence-corrected chi connectivity index (χ2v) is 7.67. The fourth-order valence-corrected chi connectivity index (χ4v) is 3.50. The van der Waals surface area contributed by atoms with Gasteiger partial charge in [-0.2, -0.15) is 0 Å². The third-order valence-electron chi connectivity index (χ3n) is 5.13. The van der Waals surface area contributed by atoms with Gasteiger partial charge in [-0.05, 0) is 48.4 Å². The van der Waals surface area contributed by atoms with Gasteiger partial charge in [0, 0.05) is 23.7 Å². The van der Waals surface area contributed by atoms with Gasteiger partial charge in [0.15, 0.2) is 11.5 Å². The van der Waals surface area contributed by atoms with Gasteiger partial charge in [0.1, 0.15) is 6.23 Å². The Labute approximate surface area is 196 Å². The summed E-state index contributed by atoms with van der Waals surface area (Å²) >= 11 is 5.87. The molecule has 1 aliphatic rings. The lowest BCUT2D eigenvalue weighted by Gasteiger charge is -2.23. The van der Waals surface area contributed by atoms with Gasteiger partial charge in [-0.25, -0.2) is 0 Å². The number of carbonyl (C=O) groups excluding carboxylic acids is 3. The van der Waals surface area contributed by atoms with Crippen molar-refractivity contribution in [2.75, 3.05) is 40.5 Å². The van der Waals surface area contributed by atoms with E-state index in [1.54, 1.807) is 44.6 Å². The van der Waals surface area contributed by atoms with E-state index in [1.165, 1.54) is 4.90 Å². The van der Waals surface area contributed by atoms with Crippen molar-refractivity contribution >= 4 is 29.3 Å². The van der Waals surface area contributed by atoms with Gasteiger partial charge < -0.3 is 29.7 Å². The van der Waals surface area contributed by atoms with Crippen LogP contribution >= 0.6 is 11.6 Å². The molecule has 10 heteroatoms. The molecule has 1 aliphatic heterocycles. The van der Waals surface area contributed by atoms with Gasteiger partial charge in [-0.1, -0.05) is 17.7 Å². The van der Waals surface area contributed by atoms with E-state index in [4.69, 9.17) is 25.8 Å². The monoisotopic (exact) mass is 475 g/mol. The molecule has 3 rings (SSSR count). The second-order valence-electron chi connectivity index (χ2n) is 7.24. The molecule has 0 spiro atoms. The highest BCUT2D eigenvalue weighted by molar-refractivity contribution is 6.35. The Balaban J connectivity index is 1.45. The molecule has 1 fully saturated rings. The molecule has 1 saturated heterocycles. The predicted molar refractivity (Wildman–Crippen MR) is 121 cm³/mol. The van der Waals surface area contributed by atoms with Gasteiger partial charge in [-0.15, -0.1) is 0 Å². The molecule has 2 aromatic rings. The Kier molecular flexibility index (Phi) is 8.51. The molecule has 2 aromatic carbocycles. The van der Waals surface area contributed by atoms with E-state index in [0.717, 1.165) is 5.56 Å². The van der Waals surface area contributed by atoms with Crippen LogP contribution in [0.15, 0.2) is 42.5 Å². The fraction of sp³-hybridized carbons (Fsp3) is 0.348. The summed E-state index contributed by atoms with van der Waals surface area (Å²) in [6.45, 7) is 1.00. The minimum absolute atomic E-state index is 0.00125. The number of halogens is 1. The first-order valence-corrected chi connectivity index (χ1v) is 10.8. The largest absolute Gasteiger partial charge is 0.493 e. The summed E-state index contributed by atoms with van der Waals surface area (Å²) in [7, 11) is 3.10. The molecule has 1 atom stereocenters. The van der Waals surface area contributed by atoms with Crippen molar-refractivity contribution in [2.24, 2.45) is 0 Å². The van der Waals surface area contributed by atoms with E-state index in [9.17, 15) is 14.4 Å². The van der Waals surface area contributed by atoms with Crippen molar-refractivity contribution in [3.05, 3.63) is 58.6 Å². The highest BCUT2D eigenvalue weighted by Crippen LogP contribution is 2.27. The molecule has 33 heavy (non-hydrogen) atoms. The number of carbonyl (C=O) groups is 3. The lowest BCUT2D eigenvalue weighted by molar-refractivity contribution is -0.139. The van der Waals surface area contributed by atoms with Gasteiger partial charge >= 0.3 is 11.8 Å². The summed E-state index contributed by atoms with van der Waals surface area (Å²) in [5.41, 5.74) is 1.39. The summed E-state index contributed by atoms with van der Waals surface area (Å²) in [5.74, 6) is -0.584. The van der Waals surface area contributed by atoms with E-state index < -0.39 is 18.0 Å². The topological polar surface area (TPSA) is 106 Å². The first kappa shape index (κ1) is 24.3. The van der Waals surface area contributed by atoms with Crippen molar-refractivity contribution < 1.29 is 28.6 Å². The number of amides is 3. The zero-order valence-electron chi connectivity index (χ0n) is 18.4. The summed E-state index contributed by atoms with van der Waals surface area (Å²) in [5, 5.41) is 5.64. The van der Waals surface area contributed by atoms with Gasteiger partial charge in [0.2, 0.25) is 0 Å². The van der Waals surface area contributed by atoms with E-state index in [-0.39, 0.29) is 19.0 Å². The number of nitrogens with zero attached hydrogens (tertiary/aromatic N) is 1. The summed E-state index contributed by atoms with van der Waals surface area (Å²) in [4.78, 5) is 38.5. The van der Waals surface area contributed by atoms with Crippen LogP contribution in [0.3, 0.4) is 0 Å². The number of rotatable bonds is 8. The summed E-state index contributed by atoms with van der Waals surface area (Å²) < 4.78 is 16.0. The molecule has 0 saturated carbocycles. The maximum absolute atomic E-state index is 12.7. The van der Waals surface area contributed by atoms with Crippen molar-refractivity contribution in [1.29, 1.82) is 0 Å². The lowest BCUT2D eigenvalue weighted by Crippen LogP contribution is -2.47. The number of ether oxygens (including phenoxy) is 3. The third kappa shape index (κ3) is 6.36. The number of hydrogen-bond acceptors (Lipinski definition) is 6. The minimum Gasteiger partial charge on any atom is -0.493 e. The highest BCUT2D eigenvalue weighted by atomic mass is 35.5. The predicted octanol–water partition coefficient (Wildman–Crippen LogP) is 1.63. The van der Waals surface area contributed by atoms with Crippen LogP contribution in [-0.4, -0.2) is 69.3 Å². The second kappa shape index (κ2) is 11.5. The average Bonchev–Trinajstić information content (AvgIpc) is 3.31. The Morgan fingerprint density at radius 2 is 1.73 bits per heavy atom. The Bertz CT molecular complexity index is 998. The number of benzene rings is 2. The van der Waals surface area contributed by atoms with E-state index in [0.29, 0.717) is 41.7 Å². The van der Waals surface area contributed by atoms with Crippen LogP contribution in [0.5, 0.6) is 11.5 Å². The van der Waals surface area contributed by atoms with Crippen LogP contribution in [-0.2, 0) is 20.7 Å².